The Morgan fingerprint density at radius 3 is 2.69 bits per heavy atom. The van der Waals surface area contributed by atoms with Crippen molar-refractivity contribution in [2.45, 2.75) is 38.0 Å². The average molecular weight is 215 g/mol. The van der Waals surface area contributed by atoms with Gasteiger partial charge in [0.1, 0.15) is 0 Å². The van der Waals surface area contributed by atoms with Crippen LogP contribution in [0.25, 0.3) is 0 Å². The molecular weight excluding hydrogens is 194 g/mol. The number of hydrogen-bond acceptors (Lipinski definition) is 1. The molecule has 1 aliphatic carbocycles. The van der Waals surface area contributed by atoms with Crippen LogP contribution in [-0.4, -0.2) is 13.1 Å². The first-order chi connectivity index (χ1) is 7.91. The molecule has 3 rings (SSSR count). The Balaban J connectivity index is 1.91. The van der Waals surface area contributed by atoms with E-state index in [0.29, 0.717) is 5.41 Å². The molecule has 1 nitrogen and oxygen atoms in total. The summed E-state index contributed by atoms with van der Waals surface area (Å²) in [6, 6.07) is 11.2. The van der Waals surface area contributed by atoms with Crippen molar-refractivity contribution in [3.05, 3.63) is 35.9 Å². The molecule has 2 unspecified atom stereocenters. The van der Waals surface area contributed by atoms with Gasteiger partial charge in [-0.15, -0.1) is 0 Å². The Morgan fingerprint density at radius 2 is 1.94 bits per heavy atom. The van der Waals surface area contributed by atoms with Crippen LogP contribution < -0.4 is 5.32 Å². The van der Waals surface area contributed by atoms with E-state index in [2.05, 4.69) is 35.6 Å². The van der Waals surface area contributed by atoms with Gasteiger partial charge in [0.2, 0.25) is 0 Å². The van der Waals surface area contributed by atoms with Gasteiger partial charge in [-0.3, -0.25) is 0 Å². The number of nitrogens with one attached hydrogen (secondary N) is 1. The third-order valence-corrected chi connectivity index (χ3v) is 4.64. The van der Waals surface area contributed by atoms with Crippen molar-refractivity contribution in [1.82, 2.24) is 5.32 Å². The molecule has 1 heterocycles. The van der Waals surface area contributed by atoms with Crippen LogP contribution in [-0.2, 0) is 0 Å². The average Bonchev–Trinajstić information content (AvgIpc) is 2.80. The quantitative estimate of drug-likeness (QED) is 0.757. The van der Waals surface area contributed by atoms with Gasteiger partial charge in [-0.05, 0) is 42.7 Å². The summed E-state index contributed by atoms with van der Waals surface area (Å²) in [5.41, 5.74) is 2.16. The molecule has 86 valence electrons. The standard InChI is InChI=1S/C15H21N/c1-2-6-13(7-3-1)14-8-4-5-9-15(14)10-11-16-12-15/h1-3,6-7,14,16H,4-5,8-12H2. The Kier molecular flexibility index (Phi) is 2.72. The second-order valence-corrected chi connectivity index (χ2v) is 5.50. The summed E-state index contributed by atoms with van der Waals surface area (Å²) < 4.78 is 0. The summed E-state index contributed by atoms with van der Waals surface area (Å²) in [5, 5.41) is 3.58. The highest BCUT2D eigenvalue weighted by atomic mass is 14.9. The molecule has 1 heteroatoms. The zero-order chi connectivity index (χ0) is 10.8. The maximum Gasteiger partial charge on any atom is 0.00142 e. The lowest BCUT2D eigenvalue weighted by Crippen LogP contribution is -2.34. The Morgan fingerprint density at radius 1 is 1.06 bits per heavy atom. The van der Waals surface area contributed by atoms with Crippen molar-refractivity contribution in [3.63, 3.8) is 0 Å². The van der Waals surface area contributed by atoms with Crippen LogP contribution in [0.4, 0.5) is 0 Å². The molecule has 1 saturated heterocycles. The van der Waals surface area contributed by atoms with E-state index in [-0.39, 0.29) is 0 Å². The molecule has 2 atom stereocenters. The number of rotatable bonds is 1. The minimum Gasteiger partial charge on any atom is -0.316 e. The van der Waals surface area contributed by atoms with Crippen LogP contribution in [0.1, 0.15) is 43.6 Å². The first-order valence-electron chi connectivity index (χ1n) is 6.66. The fourth-order valence-corrected chi connectivity index (χ4v) is 3.79. The fourth-order valence-electron chi connectivity index (χ4n) is 3.79. The predicted octanol–water partition coefficient (Wildman–Crippen LogP) is 3.32. The van der Waals surface area contributed by atoms with E-state index in [1.54, 1.807) is 5.56 Å². The monoisotopic (exact) mass is 215 g/mol. The van der Waals surface area contributed by atoms with E-state index in [9.17, 15) is 0 Å². The van der Waals surface area contributed by atoms with Crippen molar-refractivity contribution in [1.29, 1.82) is 0 Å². The third-order valence-electron chi connectivity index (χ3n) is 4.64. The van der Waals surface area contributed by atoms with E-state index in [0.717, 1.165) is 5.92 Å². The van der Waals surface area contributed by atoms with Crippen LogP contribution in [0.5, 0.6) is 0 Å². The Labute approximate surface area is 98.3 Å². The molecule has 0 radical (unpaired) electrons. The molecule has 2 fully saturated rings. The van der Waals surface area contributed by atoms with Gasteiger partial charge in [0.15, 0.2) is 0 Å². The molecular formula is C15H21N. The molecule has 1 N–H and O–H groups in total. The fraction of sp³-hybridized carbons (Fsp3) is 0.600. The van der Waals surface area contributed by atoms with E-state index >= 15 is 0 Å². The summed E-state index contributed by atoms with van der Waals surface area (Å²) in [7, 11) is 0. The van der Waals surface area contributed by atoms with Crippen LogP contribution in [0.15, 0.2) is 30.3 Å². The lowest BCUT2D eigenvalue weighted by atomic mass is 9.63. The largest absolute Gasteiger partial charge is 0.316 e. The number of benzene rings is 1. The first kappa shape index (κ1) is 10.3. The maximum atomic E-state index is 3.58. The molecule has 16 heavy (non-hydrogen) atoms. The van der Waals surface area contributed by atoms with E-state index in [4.69, 9.17) is 0 Å². The van der Waals surface area contributed by atoms with Crippen molar-refractivity contribution < 1.29 is 0 Å². The highest BCUT2D eigenvalue weighted by molar-refractivity contribution is 5.24. The smallest absolute Gasteiger partial charge is 0.00142 e. The molecule has 2 aliphatic rings. The topological polar surface area (TPSA) is 12.0 Å². The minimum absolute atomic E-state index is 0.583. The summed E-state index contributed by atoms with van der Waals surface area (Å²) in [5.74, 6) is 0.803. The van der Waals surface area contributed by atoms with Gasteiger partial charge >= 0.3 is 0 Å². The van der Waals surface area contributed by atoms with Crippen LogP contribution >= 0.6 is 0 Å². The van der Waals surface area contributed by atoms with Gasteiger partial charge in [0.25, 0.3) is 0 Å². The molecule has 1 aromatic carbocycles. The van der Waals surface area contributed by atoms with Gasteiger partial charge in [-0.1, -0.05) is 43.2 Å². The normalized spacial score (nSPS) is 34.4. The van der Waals surface area contributed by atoms with Gasteiger partial charge < -0.3 is 5.32 Å². The molecule has 1 spiro atoms. The van der Waals surface area contributed by atoms with Gasteiger partial charge in [-0.25, -0.2) is 0 Å². The lowest BCUT2D eigenvalue weighted by Gasteiger charge is -2.41. The van der Waals surface area contributed by atoms with Gasteiger partial charge in [0, 0.05) is 6.54 Å². The van der Waals surface area contributed by atoms with Gasteiger partial charge in [-0.2, -0.15) is 0 Å². The van der Waals surface area contributed by atoms with E-state index in [1.807, 2.05) is 0 Å². The van der Waals surface area contributed by atoms with E-state index < -0.39 is 0 Å². The summed E-state index contributed by atoms with van der Waals surface area (Å²) >= 11 is 0. The van der Waals surface area contributed by atoms with Crippen molar-refractivity contribution in [2.24, 2.45) is 5.41 Å². The molecule has 1 saturated carbocycles. The van der Waals surface area contributed by atoms with Crippen molar-refractivity contribution in [3.8, 4) is 0 Å². The Bertz CT molecular complexity index is 338. The zero-order valence-electron chi connectivity index (χ0n) is 9.91. The maximum absolute atomic E-state index is 3.58. The van der Waals surface area contributed by atoms with Crippen LogP contribution in [0.3, 0.4) is 0 Å². The molecule has 0 aromatic heterocycles. The van der Waals surface area contributed by atoms with Crippen LogP contribution in [0.2, 0.25) is 0 Å². The zero-order valence-corrected chi connectivity index (χ0v) is 9.91. The second kappa shape index (κ2) is 4.21. The lowest BCUT2D eigenvalue weighted by molar-refractivity contribution is 0.174. The first-order valence-corrected chi connectivity index (χ1v) is 6.66. The highest BCUT2D eigenvalue weighted by Crippen LogP contribution is 2.50. The number of hydrogen-bond donors (Lipinski definition) is 1. The van der Waals surface area contributed by atoms with Crippen LogP contribution in [0, 0.1) is 5.41 Å². The summed E-state index contributed by atoms with van der Waals surface area (Å²) in [6.07, 6.45) is 7.06. The molecule has 1 aliphatic heterocycles. The van der Waals surface area contributed by atoms with E-state index in [1.165, 1.54) is 45.2 Å². The molecule has 0 bridgehead atoms. The third kappa shape index (κ3) is 1.67. The molecule has 1 aromatic rings. The summed E-state index contributed by atoms with van der Waals surface area (Å²) in [4.78, 5) is 0. The highest BCUT2D eigenvalue weighted by Gasteiger charge is 2.43. The molecule has 0 amide bonds. The minimum atomic E-state index is 0.583. The Hall–Kier alpha value is -0.820. The van der Waals surface area contributed by atoms with Crippen molar-refractivity contribution >= 4 is 0 Å². The summed E-state index contributed by atoms with van der Waals surface area (Å²) in [6.45, 7) is 2.47. The van der Waals surface area contributed by atoms with Gasteiger partial charge in [0.05, 0.1) is 0 Å². The SMILES string of the molecule is c1ccc(C2CCCCC23CCNC3)cc1. The second-order valence-electron chi connectivity index (χ2n) is 5.50. The van der Waals surface area contributed by atoms with Crippen molar-refractivity contribution in [2.75, 3.05) is 13.1 Å². The predicted molar refractivity (Wildman–Crippen MR) is 67.6 cm³/mol.